The first-order valence-electron chi connectivity index (χ1n) is 12.8. The van der Waals surface area contributed by atoms with E-state index in [0.29, 0.717) is 30.7 Å². The Morgan fingerprint density at radius 3 is 2.39 bits per heavy atom. The zero-order valence-corrected chi connectivity index (χ0v) is 19.5. The van der Waals surface area contributed by atoms with Crippen LogP contribution in [0, 0.1) is 0 Å². The van der Waals surface area contributed by atoms with Gasteiger partial charge >= 0.3 is 0 Å². The van der Waals surface area contributed by atoms with Crippen molar-refractivity contribution in [2.75, 3.05) is 19.6 Å². The van der Waals surface area contributed by atoms with Gasteiger partial charge in [-0.15, -0.1) is 0 Å². The molecule has 1 aliphatic heterocycles. The van der Waals surface area contributed by atoms with Crippen LogP contribution in [0.25, 0.3) is 11.0 Å². The third-order valence-electron chi connectivity index (χ3n) is 8.47. The van der Waals surface area contributed by atoms with E-state index >= 15 is 0 Å². The molecule has 176 valence electrons. The first-order chi connectivity index (χ1) is 16.0. The number of hydrogen-bond donors (Lipinski definition) is 1. The number of rotatable bonds is 4. The van der Waals surface area contributed by atoms with Gasteiger partial charge in [0.25, 0.3) is 5.91 Å². The highest BCUT2D eigenvalue weighted by atomic mass is 16.3. The predicted octanol–water partition coefficient (Wildman–Crippen LogP) is 3.31. The van der Waals surface area contributed by atoms with E-state index in [2.05, 4.69) is 12.1 Å². The molecule has 7 heteroatoms. The molecule has 33 heavy (non-hydrogen) atoms. The van der Waals surface area contributed by atoms with Crippen LogP contribution in [-0.2, 0) is 11.8 Å². The van der Waals surface area contributed by atoms with Gasteiger partial charge in [-0.1, -0.05) is 12.5 Å². The molecular formula is C26H34N4O3. The van der Waals surface area contributed by atoms with E-state index in [9.17, 15) is 14.7 Å². The van der Waals surface area contributed by atoms with Crippen LogP contribution < -0.4 is 0 Å². The average Bonchev–Trinajstić information content (AvgIpc) is 3.57. The summed E-state index contributed by atoms with van der Waals surface area (Å²) in [5.74, 6) is 1.53. The molecule has 3 aliphatic carbocycles. The van der Waals surface area contributed by atoms with E-state index in [1.807, 2.05) is 16.5 Å². The maximum absolute atomic E-state index is 13.5. The number of imidazole rings is 1. The molecule has 7 nitrogen and oxygen atoms in total. The fraction of sp³-hybridized carbons (Fsp3) is 0.654. The van der Waals surface area contributed by atoms with E-state index in [-0.39, 0.29) is 30.5 Å². The minimum absolute atomic E-state index is 0.0148. The van der Waals surface area contributed by atoms with Gasteiger partial charge in [0.1, 0.15) is 6.54 Å². The fourth-order valence-corrected chi connectivity index (χ4v) is 5.97. The van der Waals surface area contributed by atoms with Crippen LogP contribution in [0.5, 0.6) is 0 Å². The monoisotopic (exact) mass is 450 g/mol. The Morgan fingerprint density at radius 2 is 1.76 bits per heavy atom. The second-order valence-electron chi connectivity index (χ2n) is 10.7. The number of carbonyl (C=O) groups excluding carboxylic acids is 2. The Bertz CT molecular complexity index is 1090. The van der Waals surface area contributed by atoms with Crippen molar-refractivity contribution in [1.29, 1.82) is 0 Å². The van der Waals surface area contributed by atoms with Crippen LogP contribution in [0.4, 0.5) is 0 Å². The largest absolute Gasteiger partial charge is 0.393 e. The fourth-order valence-electron chi connectivity index (χ4n) is 5.97. The molecule has 0 bridgehead atoms. The van der Waals surface area contributed by atoms with Crippen LogP contribution in [0.3, 0.4) is 0 Å². The molecule has 0 radical (unpaired) electrons. The molecule has 3 saturated carbocycles. The summed E-state index contributed by atoms with van der Waals surface area (Å²) < 4.78 is 1.95. The Labute approximate surface area is 194 Å². The summed E-state index contributed by atoms with van der Waals surface area (Å²) in [6, 6.07) is 4.79. The highest BCUT2D eigenvalue weighted by Crippen LogP contribution is 2.45. The van der Waals surface area contributed by atoms with Gasteiger partial charge in [0.2, 0.25) is 5.91 Å². The van der Waals surface area contributed by atoms with Crippen molar-refractivity contribution in [2.24, 2.45) is 7.05 Å². The third-order valence-corrected chi connectivity index (χ3v) is 8.47. The number of fused-ring (bicyclic) bond motifs is 1. The number of benzene rings is 1. The predicted molar refractivity (Wildman–Crippen MR) is 125 cm³/mol. The number of nitrogens with zero attached hydrogens (tertiary/aromatic N) is 4. The van der Waals surface area contributed by atoms with E-state index in [0.717, 1.165) is 36.7 Å². The Kier molecular flexibility index (Phi) is 5.20. The summed E-state index contributed by atoms with van der Waals surface area (Å²) in [6.07, 6.45) is 9.16. The second kappa shape index (κ2) is 8.12. The normalized spacial score (nSPS) is 26.7. The maximum atomic E-state index is 13.5. The zero-order valence-electron chi connectivity index (χ0n) is 19.5. The van der Waals surface area contributed by atoms with Gasteiger partial charge in [-0.05, 0) is 80.4 Å². The quantitative estimate of drug-likeness (QED) is 0.775. The Balaban J connectivity index is 1.24. The first-order valence-corrected chi connectivity index (χ1v) is 12.8. The Hall–Kier alpha value is -2.41. The lowest BCUT2D eigenvalue weighted by Crippen LogP contribution is -2.56. The van der Waals surface area contributed by atoms with E-state index < -0.39 is 0 Å². The highest BCUT2D eigenvalue weighted by molar-refractivity contribution is 5.98. The van der Waals surface area contributed by atoms with Crippen LogP contribution in [0.2, 0.25) is 0 Å². The van der Waals surface area contributed by atoms with Crippen molar-refractivity contribution in [2.45, 2.75) is 81.8 Å². The summed E-state index contributed by atoms with van der Waals surface area (Å²) in [7, 11) is 1.94. The molecule has 0 spiro atoms. The summed E-state index contributed by atoms with van der Waals surface area (Å²) in [5.41, 5.74) is 4.74. The van der Waals surface area contributed by atoms with Crippen molar-refractivity contribution in [3.63, 3.8) is 0 Å². The average molecular weight is 451 g/mol. The zero-order chi connectivity index (χ0) is 22.7. The molecule has 0 unspecified atom stereocenters. The van der Waals surface area contributed by atoms with Gasteiger partial charge in [0.05, 0.1) is 17.1 Å². The van der Waals surface area contributed by atoms with Gasteiger partial charge in [-0.2, -0.15) is 0 Å². The van der Waals surface area contributed by atoms with Gasteiger partial charge < -0.3 is 19.5 Å². The van der Waals surface area contributed by atoms with Crippen LogP contribution in [0.1, 0.15) is 91.4 Å². The summed E-state index contributed by atoms with van der Waals surface area (Å²) >= 11 is 0. The van der Waals surface area contributed by atoms with Crippen LogP contribution in [-0.4, -0.2) is 68.1 Å². The standard InChI is InChI=1S/C26H34N4O3/c1-28-22-14-18(16-5-6-16)13-21(17-3-2-4-17)24(22)27-25(28)26(33)29-11-12-30(23(32)15-29)19-7-9-20(31)10-8-19/h13-14,16-17,19-20,31H,2-12,15H2,1H3. The number of piperazine rings is 1. The van der Waals surface area contributed by atoms with Crippen LogP contribution >= 0.6 is 0 Å². The number of aryl methyl sites for hydroxylation is 1. The van der Waals surface area contributed by atoms with Crippen molar-refractivity contribution >= 4 is 22.8 Å². The number of aliphatic hydroxyl groups is 1. The van der Waals surface area contributed by atoms with Crippen molar-refractivity contribution in [1.82, 2.24) is 19.4 Å². The number of aliphatic hydroxyl groups excluding tert-OH is 1. The van der Waals surface area contributed by atoms with Gasteiger partial charge in [0.15, 0.2) is 5.82 Å². The summed E-state index contributed by atoms with van der Waals surface area (Å²) in [5, 5.41) is 9.78. The number of amides is 2. The van der Waals surface area contributed by atoms with E-state index in [1.54, 1.807) is 4.90 Å². The van der Waals surface area contributed by atoms with E-state index in [4.69, 9.17) is 4.98 Å². The van der Waals surface area contributed by atoms with Crippen molar-refractivity contribution in [3.05, 3.63) is 29.1 Å². The van der Waals surface area contributed by atoms with Crippen molar-refractivity contribution < 1.29 is 14.7 Å². The summed E-state index contributed by atoms with van der Waals surface area (Å²) in [4.78, 5) is 34.9. The highest BCUT2D eigenvalue weighted by Gasteiger charge is 2.36. The minimum Gasteiger partial charge on any atom is -0.393 e. The molecule has 2 amide bonds. The number of carbonyl (C=O) groups is 2. The lowest BCUT2D eigenvalue weighted by atomic mass is 9.79. The molecule has 0 atom stereocenters. The van der Waals surface area contributed by atoms with Crippen LogP contribution in [0.15, 0.2) is 12.1 Å². The van der Waals surface area contributed by atoms with Gasteiger partial charge in [0, 0.05) is 26.2 Å². The summed E-state index contributed by atoms with van der Waals surface area (Å²) in [6.45, 7) is 1.22. The lowest BCUT2D eigenvalue weighted by Gasteiger charge is -2.41. The first kappa shape index (κ1) is 21.1. The van der Waals surface area contributed by atoms with Gasteiger partial charge in [-0.3, -0.25) is 9.59 Å². The SMILES string of the molecule is Cn1c(C(=O)N2CCN(C3CCC(O)CC3)C(=O)C2)nc2c(C3CCC3)cc(C3CC3)cc21. The molecule has 1 N–H and O–H groups in total. The molecule has 2 aromatic rings. The molecule has 6 rings (SSSR count). The molecule has 2 heterocycles. The molecule has 1 saturated heterocycles. The molecular weight excluding hydrogens is 416 g/mol. The number of aromatic nitrogens is 2. The lowest BCUT2D eigenvalue weighted by molar-refractivity contribution is -0.138. The smallest absolute Gasteiger partial charge is 0.290 e. The number of hydrogen-bond acceptors (Lipinski definition) is 4. The molecule has 4 fully saturated rings. The van der Waals surface area contributed by atoms with Gasteiger partial charge in [-0.25, -0.2) is 4.98 Å². The maximum Gasteiger partial charge on any atom is 0.290 e. The molecule has 1 aromatic heterocycles. The van der Waals surface area contributed by atoms with Crippen molar-refractivity contribution in [3.8, 4) is 0 Å². The Morgan fingerprint density at radius 1 is 1.00 bits per heavy atom. The topological polar surface area (TPSA) is 78.7 Å². The van der Waals surface area contributed by atoms with E-state index in [1.165, 1.54) is 43.2 Å². The minimum atomic E-state index is -0.234. The second-order valence-corrected chi connectivity index (χ2v) is 10.7. The third kappa shape index (κ3) is 3.74. The molecule has 1 aromatic carbocycles. The molecule has 4 aliphatic rings.